The van der Waals surface area contributed by atoms with E-state index in [2.05, 4.69) is 48.8 Å². The average Bonchev–Trinajstić information content (AvgIpc) is 2.29. The lowest BCUT2D eigenvalue weighted by molar-refractivity contribution is 0.372. The Morgan fingerprint density at radius 1 is 1.33 bits per heavy atom. The first-order chi connectivity index (χ1) is 8.47. The van der Waals surface area contributed by atoms with Gasteiger partial charge in [0, 0.05) is 36.9 Å². The van der Waals surface area contributed by atoms with Crippen LogP contribution in [0.5, 0.6) is 0 Å². The fraction of sp³-hybridized carbons (Fsp3) is 0.643. The molecule has 0 fully saturated rings. The molecule has 2 N–H and O–H groups in total. The Hall–Kier alpha value is -1.13. The summed E-state index contributed by atoms with van der Waals surface area (Å²) in [6.45, 7) is 8.33. The van der Waals surface area contributed by atoms with Gasteiger partial charge in [-0.1, -0.05) is 6.07 Å². The third-order valence-corrected chi connectivity index (χ3v) is 3.08. The van der Waals surface area contributed by atoms with Crippen molar-refractivity contribution in [3.05, 3.63) is 23.9 Å². The van der Waals surface area contributed by atoms with Crippen LogP contribution in [0.3, 0.4) is 0 Å². The van der Waals surface area contributed by atoms with Gasteiger partial charge < -0.3 is 15.5 Å². The SMILES string of the molecule is CCN(c1ncccc1C(C)N)C(C)CN(C)C. The van der Waals surface area contributed by atoms with Gasteiger partial charge in [-0.25, -0.2) is 4.98 Å². The molecular weight excluding hydrogens is 224 g/mol. The van der Waals surface area contributed by atoms with E-state index in [4.69, 9.17) is 5.73 Å². The van der Waals surface area contributed by atoms with Gasteiger partial charge >= 0.3 is 0 Å². The predicted molar refractivity (Wildman–Crippen MR) is 77.9 cm³/mol. The Morgan fingerprint density at radius 2 is 2.00 bits per heavy atom. The summed E-state index contributed by atoms with van der Waals surface area (Å²) < 4.78 is 0. The minimum Gasteiger partial charge on any atom is -0.353 e. The Labute approximate surface area is 111 Å². The van der Waals surface area contributed by atoms with E-state index in [0.29, 0.717) is 6.04 Å². The van der Waals surface area contributed by atoms with Crippen LogP contribution in [0, 0.1) is 0 Å². The monoisotopic (exact) mass is 250 g/mol. The second-order valence-corrected chi connectivity index (χ2v) is 5.10. The van der Waals surface area contributed by atoms with E-state index in [9.17, 15) is 0 Å². The Morgan fingerprint density at radius 3 is 2.50 bits per heavy atom. The van der Waals surface area contributed by atoms with E-state index < -0.39 is 0 Å². The van der Waals surface area contributed by atoms with E-state index in [1.54, 1.807) is 0 Å². The van der Waals surface area contributed by atoms with Gasteiger partial charge in [-0.05, 0) is 40.9 Å². The number of hydrogen-bond acceptors (Lipinski definition) is 4. The Kier molecular flexibility index (Phi) is 5.56. The van der Waals surface area contributed by atoms with Gasteiger partial charge in [-0.2, -0.15) is 0 Å². The third-order valence-electron chi connectivity index (χ3n) is 3.08. The van der Waals surface area contributed by atoms with Crippen LogP contribution in [-0.2, 0) is 0 Å². The van der Waals surface area contributed by atoms with E-state index in [1.807, 2.05) is 19.2 Å². The van der Waals surface area contributed by atoms with Gasteiger partial charge in [-0.3, -0.25) is 0 Å². The van der Waals surface area contributed by atoms with E-state index in [-0.39, 0.29) is 6.04 Å². The van der Waals surface area contributed by atoms with Crippen molar-refractivity contribution in [3.8, 4) is 0 Å². The molecule has 18 heavy (non-hydrogen) atoms. The summed E-state index contributed by atoms with van der Waals surface area (Å²) in [7, 11) is 4.18. The van der Waals surface area contributed by atoms with Crippen molar-refractivity contribution >= 4 is 5.82 Å². The second-order valence-electron chi connectivity index (χ2n) is 5.10. The Balaban J connectivity index is 3.01. The first-order valence-corrected chi connectivity index (χ1v) is 6.59. The number of rotatable bonds is 6. The molecule has 1 heterocycles. The maximum Gasteiger partial charge on any atom is 0.133 e. The summed E-state index contributed by atoms with van der Waals surface area (Å²) >= 11 is 0. The molecule has 0 amide bonds. The summed E-state index contributed by atoms with van der Waals surface area (Å²) in [6, 6.07) is 4.44. The average molecular weight is 250 g/mol. The molecule has 1 aromatic heterocycles. The van der Waals surface area contributed by atoms with Crippen LogP contribution >= 0.6 is 0 Å². The van der Waals surface area contributed by atoms with Gasteiger partial charge in [0.05, 0.1) is 0 Å². The smallest absolute Gasteiger partial charge is 0.133 e. The quantitative estimate of drug-likeness (QED) is 0.837. The molecule has 2 unspecified atom stereocenters. The molecule has 4 heteroatoms. The minimum atomic E-state index is 0.00862. The van der Waals surface area contributed by atoms with Crippen molar-refractivity contribution in [2.24, 2.45) is 5.73 Å². The second kappa shape index (κ2) is 6.71. The van der Waals surface area contributed by atoms with Gasteiger partial charge in [0.2, 0.25) is 0 Å². The highest BCUT2D eigenvalue weighted by molar-refractivity contribution is 5.49. The molecule has 102 valence electrons. The third kappa shape index (κ3) is 3.68. The first kappa shape index (κ1) is 14.9. The Bertz CT molecular complexity index is 363. The standard InChI is InChI=1S/C14H26N4/c1-6-18(11(2)10-17(4)5)14-13(12(3)15)8-7-9-16-14/h7-9,11-12H,6,10,15H2,1-5H3. The van der Waals surface area contributed by atoms with E-state index in [1.165, 1.54) is 0 Å². The van der Waals surface area contributed by atoms with Crippen molar-refractivity contribution in [1.29, 1.82) is 0 Å². The normalized spacial score (nSPS) is 14.6. The summed E-state index contributed by atoms with van der Waals surface area (Å²) in [4.78, 5) is 9.04. The number of aromatic nitrogens is 1. The van der Waals surface area contributed by atoms with E-state index in [0.717, 1.165) is 24.5 Å². The van der Waals surface area contributed by atoms with Crippen molar-refractivity contribution in [2.75, 3.05) is 32.1 Å². The zero-order valence-electron chi connectivity index (χ0n) is 12.2. The zero-order chi connectivity index (χ0) is 13.7. The number of nitrogens with two attached hydrogens (primary N) is 1. The molecule has 4 nitrogen and oxygen atoms in total. The molecule has 0 bridgehead atoms. The topological polar surface area (TPSA) is 45.4 Å². The van der Waals surface area contributed by atoms with Crippen LogP contribution in [0.2, 0.25) is 0 Å². The summed E-state index contributed by atoms with van der Waals surface area (Å²) in [5, 5.41) is 0. The molecule has 1 rings (SSSR count). The summed E-state index contributed by atoms with van der Waals surface area (Å²) in [6.07, 6.45) is 1.84. The maximum absolute atomic E-state index is 6.03. The van der Waals surface area contributed by atoms with Crippen LogP contribution in [0.1, 0.15) is 32.4 Å². The molecule has 0 saturated heterocycles. The molecule has 0 radical (unpaired) electrons. The molecule has 1 aromatic rings. The van der Waals surface area contributed by atoms with Gasteiger partial charge in [0.15, 0.2) is 0 Å². The number of nitrogens with zero attached hydrogens (tertiary/aromatic N) is 3. The van der Waals surface area contributed by atoms with E-state index >= 15 is 0 Å². The van der Waals surface area contributed by atoms with Gasteiger partial charge in [0.25, 0.3) is 0 Å². The van der Waals surface area contributed by atoms with Crippen molar-refractivity contribution in [1.82, 2.24) is 9.88 Å². The lowest BCUT2D eigenvalue weighted by Crippen LogP contribution is -2.41. The van der Waals surface area contributed by atoms with Crippen LogP contribution in [0.4, 0.5) is 5.82 Å². The van der Waals surface area contributed by atoms with Crippen molar-refractivity contribution in [3.63, 3.8) is 0 Å². The maximum atomic E-state index is 6.03. The summed E-state index contributed by atoms with van der Waals surface area (Å²) in [5.74, 6) is 1.02. The molecule has 0 aliphatic rings. The van der Waals surface area contributed by atoms with Crippen molar-refractivity contribution < 1.29 is 0 Å². The highest BCUT2D eigenvalue weighted by Gasteiger charge is 2.19. The zero-order valence-corrected chi connectivity index (χ0v) is 12.2. The first-order valence-electron chi connectivity index (χ1n) is 6.59. The molecule has 0 aromatic carbocycles. The number of anilines is 1. The molecule has 0 spiro atoms. The van der Waals surface area contributed by atoms with Gasteiger partial charge in [0.1, 0.15) is 5.82 Å². The number of pyridine rings is 1. The minimum absolute atomic E-state index is 0.00862. The lowest BCUT2D eigenvalue weighted by atomic mass is 10.1. The molecule has 2 atom stereocenters. The molecule has 0 saturated carbocycles. The highest BCUT2D eigenvalue weighted by atomic mass is 15.2. The number of hydrogen-bond donors (Lipinski definition) is 1. The van der Waals surface area contributed by atoms with Crippen LogP contribution < -0.4 is 10.6 Å². The fourth-order valence-electron chi connectivity index (χ4n) is 2.30. The van der Waals surface area contributed by atoms with Crippen molar-refractivity contribution in [2.45, 2.75) is 32.9 Å². The predicted octanol–water partition coefficient (Wildman–Crippen LogP) is 1.88. The molecule has 0 aliphatic carbocycles. The summed E-state index contributed by atoms with van der Waals surface area (Å²) in [5.41, 5.74) is 7.15. The highest BCUT2D eigenvalue weighted by Crippen LogP contribution is 2.23. The molecule has 0 aliphatic heterocycles. The van der Waals surface area contributed by atoms with Crippen LogP contribution in [0.25, 0.3) is 0 Å². The fourth-order valence-corrected chi connectivity index (χ4v) is 2.30. The number of likely N-dealkylation sites (N-methyl/N-ethyl adjacent to an activating group) is 2. The van der Waals surface area contributed by atoms with Crippen LogP contribution in [-0.4, -0.2) is 43.1 Å². The lowest BCUT2D eigenvalue weighted by Gasteiger charge is -2.33. The molecular formula is C14H26N4. The largest absolute Gasteiger partial charge is 0.353 e. The van der Waals surface area contributed by atoms with Crippen LogP contribution in [0.15, 0.2) is 18.3 Å². The van der Waals surface area contributed by atoms with Gasteiger partial charge in [-0.15, -0.1) is 0 Å².